The maximum atomic E-state index is 4.52. The summed E-state index contributed by atoms with van der Waals surface area (Å²) in [5, 5.41) is 0. The molecule has 0 aromatic heterocycles. The second-order valence-corrected chi connectivity index (χ2v) is 7.61. The van der Waals surface area contributed by atoms with E-state index in [4.69, 9.17) is 0 Å². The predicted octanol–water partition coefficient (Wildman–Crippen LogP) is 7.35. The molecule has 0 saturated heterocycles. The Balaban J connectivity index is 5.37. The van der Waals surface area contributed by atoms with E-state index in [0.717, 1.165) is 25.1 Å². The van der Waals surface area contributed by atoms with Crippen molar-refractivity contribution in [1.82, 2.24) is 4.90 Å². The van der Waals surface area contributed by atoms with E-state index >= 15 is 0 Å². The quantitative estimate of drug-likeness (QED) is 0.244. The Labute approximate surface area is 169 Å². The summed E-state index contributed by atoms with van der Waals surface area (Å²) in [6.45, 7) is 22.7. The van der Waals surface area contributed by atoms with Crippen LogP contribution in [0, 0.1) is 5.92 Å². The van der Waals surface area contributed by atoms with Gasteiger partial charge in [0, 0.05) is 24.8 Å². The molecule has 0 heterocycles. The van der Waals surface area contributed by atoms with Crippen molar-refractivity contribution in [2.75, 3.05) is 6.54 Å². The largest absolute Gasteiger partial charge is 0.288 e. The van der Waals surface area contributed by atoms with Crippen molar-refractivity contribution in [2.45, 2.75) is 93.2 Å². The van der Waals surface area contributed by atoms with Crippen LogP contribution in [0.4, 0.5) is 0 Å². The molecule has 2 heteroatoms. The highest BCUT2D eigenvalue weighted by molar-refractivity contribution is 5.99. The Morgan fingerprint density at radius 3 is 2.15 bits per heavy atom. The van der Waals surface area contributed by atoms with E-state index in [1.54, 1.807) is 6.20 Å². The van der Waals surface area contributed by atoms with Crippen molar-refractivity contribution in [2.24, 2.45) is 10.9 Å². The summed E-state index contributed by atoms with van der Waals surface area (Å²) in [7, 11) is 0. The van der Waals surface area contributed by atoms with Crippen LogP contribution < -0.4 is 0 Å². The number of allylic oxidation sites excluding steroid dienone is 4. The molecule has 0 bridgehead atoms. The highest BCUT2D eigenvalue weighted by atomic mass is 15.2. The lowest BCUT2D eigenvalue weighted by atomic mass is 10.00. The first kappa shape index (κ1) is 25.6. The van der Waals surface area contributed by atoms with Crippen LogP contribution >= 0.6 is 0 Å². The van der Waals surface area contributed by atoms with Crippen LogP contribution in [0.3, 0.4) is 0 Å². The molecular weight excluding hydrogens is 328 g/mol. The fourth-order valence-electron chi connectivity index (χ4n) is 3.23. The van der Waals surface area contributed by atoms with E-state index < -0.39 is 0 Å². The van der Waals surface area contributed by atoms with Crippen LogP contribution in [0.1, 0.15) is 81.1 Å². The first-order valence-electron chi connectivity index (χ1n) is 10.7. The molecular formula is C25H44N2. The van der Waals surface area contributed by atoms with Gasteiger partial charge in [-0.2, -0.15) is 0 Å². The van der Waals surface area contributed by atoms with Crippen molar-refractivity contribution < 1.29 is 0 Å². The molecule has 154 valence electrons. The van der Waals surface area contributed by atoms with E-state index in [0.29, 0.717) is 12.0 Å². The molecule has 0 amide bonds. The van der Waals surface area contributed by atoms with Gasteiger partial charge in [0.05, 0.1) is 5.71 Å². The fraction of sp³-hybridized carbons (Fsp3) is 0.640. The Morgan fingerprint density at radius 2 is 1.67 bits per heavy atom. The zero-order valence-electron chi connectivity index (χ0n) is 19.3. The molecule has 0 rings (SSSR count). The smallest absolute Gasteiger partial charge is 0.0569 e. The number of aliphatic imine (C=N–C) groups is 1. The van der Waals surface area contributed by atoms with Crippen LogP contribution in [0.15, 0.2) is 53.2 Å². The van der Waals surface area contributed by atoms with Crippen LogP contribution in [0.2, 0.25) is 0 Å². The lowest BCUT2D eigenvalue weighted by Crippen LogP contribution is -2.45. The summed E-state index contributed by atoms with van der Waals surface area (Å²) in [6, 6.07) is 0.764. The maximum Gasteiger partial charge on any atom is 0.0569 e. The van der Waals surface area contributed by atoms with Gasteiger partial charge >= 0.3 is 0 Å². The molecule has 0 aromatic rings. The highest BCUT2D eigenvalue weighted by Crippen LogP contribution is 2.18. The first-order valence-corrected chi connectivity index (χ1v) is 10.7. The van der Waals surface area contributed by atoms with Crippen LogP contribution in [-0.4, -0.2) is 29.2 Å². The van der Waals surface area contributed by atoms with Gasteiger partial charge in [0.1, 0.15) is 0 Å². The van der Waals surface area contributed by atoms with Gasteiger partial charge in [-0.1, -0.05) is 56.7 Å². The van der Waals surface area contributed by atoms with Gasteiger partial charge < -0.3 is 0 Å². The van der Waals surface area contributed by atoms with Gasteiger partial charge in [-0.3, -0.25) is 9.89 Å². The number of hydrogen-bond acceptors (Lipinski definition) is 2. The number of hydrogen-bond donors (Lipinski definition) is 0. The second kappa shape index (κ2) is 14.6. The normalized spacial score (nSPS) is 16.4. The first-order chi connectivity index (χ1) is 12.9. The molecule has 0 radical (unpaired) electrons. The Hall–Kier alpha value is -1.41. The highest BCUT2D eigenvalue weighted by Gasteiger charge is 2.22. The third-order valence-corrected chi connectivity index (χ3v) is 5.69. The van der Waals surface area contributed by atoms with Crippen molar-refractivity contribution in [3.8, 4) is 0 Å². The average molecular weight is 373 g/mol. The number of nitrogens with zero attached hydrogens (tertiary/aromatic N) is 2. The topological polar surface area (TPSA) is 15.6 Å². The minimum absolute atomic E-state index is 0.261. The molecule has 0 N–H and O–H groups in total. The van der Waals surface area contributed by atoms with Gasteiger partial charge in [-0.15, -0.1) is 0 Å². The molecule has 0 aliphatic carbocycles. The van der Waals surface area contributed by atoms with E-state index in [1.807, 2.05) is 6.92 Å². The fourth-order valence-corrected chi connectivity index (χ4v) is 3.23. The molecule has 0 spiro atoms. The summed E-state index contributed by atoms with van der Waals surface area (Å²) in [5.74, 6) is 0.716. The van der Waals surface area contributed by atoms with Gasteiger partial charge in [0.15, 0.2) is 0 Å². The van der Waals surface area contributed by atoms with Crippen LogP contribution in [0.25, 0.3) is 0 Å². The van der Waals surface area contributed by atoms with Gasteiger partial charge in [0.25, 0.3) is 0 Å². The summed E-state index contributed by atoms with van der Waals surface area (Å²) < 4.78 is 0. The van der Waals surface area contributed by atoms with E-state index in [9.17, 15) is 0 Å². The minimum atomic E-state index is 0.261. The molecule has 0 saturated carbocycles. The monoisotopic (exact) mass is 372 g/mol. The molecule has 27 heavy (non-hydrogen) atoms. The van der Waals surface area contributed by atoms with E-state index in [-0.39, 0.29) is 6.04 Å². The molecule has 2 atom stereocenters. The molecule has 2 unspecified atom stereocenters. The van der Waals surface area contributed by atoms with Gasteiger partial charge in [-0.25, -0.2) is 0 Å². The Bertz CT molecular complexity index is 533. The average Bonchev–Trinajstić information content (AvgIpc) is 2.67. The van der Waals surface area contributed by atoms with Crippen molar-refractivity contribution in [3.63, 3.8) is 0 Å². The molecule has 0 aliphatic heterocycles. The SMILES string of the molecule is C=CN=C(/C=C\C)C(C)N(C/C(C)=C(\C)C/C=C\C(CC)CC)C(C)CC. The van der Waals surface area contributed by atoms with Crippen molar-refractivity contribution in [1.29, 1.82) is 0 Å². The second-order valence-electron chi connectivity index (χ2n) is 7.61. The summed E-state index contributed by atoms with van der Waals surface area (Å²) in [5.41, 5.74) is 4.02. The van der Waals surface area contributed by atoms with Crippen LogP contribution in [0.5, 0.6) is 0 Å². The zero-order valence-corrected chi connectivity index (χ0v) is 19.3. The summed E-state index contributed by atoms with van der Waals surface area (Å²) >= 11 is 0. The molecule has 0 aliphatic rings. The molecule has 2 nitrogen and oxygen atoms in total. The molecule has 0 aromatic carbocycles. The standard InChI is InChI=1S/C25H44N2/c1-10-16-25(26-14-5)23(9)27(22(8)11-2)19-21(7)20(6)17-15-18-24(12-3)13-4/h10,14-16,18,22-24H,5,11-13,17,19H2,1-4,6-9H3/b16-10-,18-15-,21-20+,26-25?. The van der Waals surface area contributed by atoms with Gasteiger partial charge in [-0.05, 0) is 72.3 Å². The van der Waals surface area contributed by atoms with Crippen molar-refractivity contribution in [3.05, 3.63) is 48.2 Å². The molecule has 0 fully saturated rings. The Morgan fingerprint density at radius 1 is 1.04 bits per heavy atom. The lowest BCUT2D eigenvalue weighted by molar-refractivity contribution is 0.202. The number of rotatable bonds is 13. The maximum absolute atomic E-state index is 4.52. The van der Waals surface area contributed by atoms with E-state index in [2.05, 4.69) is 89.2 Å². The third-order valence-electron chi connectivity index (χ3n) is 5.69. The van der Waals surface area contributed by atoms with Gasteiger partial charge in [0.2, 0.25) is 0 Å². The zero-order chi connectivity index (χ0) is 20.8. The van der Waals surface area contributed by atoms with Crippen molar-refractivity contribution >= 4 is 5.71 Å². The third kappa shape index (κ3) is 9.37. The van der Waals surface area contributed by atoms with Crippen LogP contribution in [-0.2, 0) is 0 Å². The van der Waals surface area contributed by atoms with E-state index in [1.165, 1.54) is 24.0 Å². The Kier molecular flexibility index (Phi) is 13.9. The summed E-state index contributed by atoms with van der Waals surface area (Å²) in [4.78, 5) is 7.08. The lowest BCUT2D eigenvalue weighted by Gasteiger charge is -2.35. The minimum Gasteiger partial charge on any atom is -0.288 e. The predicted molar refractivity (Wildman–Crippen MR) is 125 cm³/mol. The summed E-state index contributed by atoms with van der Waals surface area (Å²) in [6.07, 6.45) is 15.2.